The highest BCUT2D eigenvalue weighted by atomic mass is 32.2. The van der Waals surface area contributed by atoms with Gasteiger partial charge in [-0.15, -0.1) is 0 Å². The number of nitrogens with zero attached hydrogens (tertiary/aromatic N) is 1. The van der Waals surface area contributed by atoms with Crippen LogP contribution in [0.4, 0.5) is 5.69 Å². The number of furan rings is 1. The van der Waals surface area contributed by atoms with Gasteiger partial charge in [0.2, 0.25) is 11.8 Å². The Labute approximate surface area is 183 Å². The van der Waals surface area contributed by atoms with E-state index < -0.39 is 5.25 Å². The number of para-hydroxylation sites is 1. The summed E-state index contributed by atoms with van der Waals surface area (Å²) in [4.78, 5) is 26.5. The van der Waals surface area contributed by atoms with Crippen LogP contribution in [0.2, 0.25) is 0 Å². The van der Waals surface area contributed by atoms with Crippen molar-refractivity contribution >= 4 is 45.8 Å². The Morgan fingerprint density at radius 2 is 1.80 bits per heavy atom. The maximum Gasteiger partial charge on any atom is 0.242 e. The van der Waals surface area contributed by atoms with Crippen molar-refractivity contribution in [3.63, 3.8) is 0 Å². The van der Waals surface area contributed by atoms with Gasteiger partial charge in [0.05, 0.1) is 18.1 Å². The number of carbonyl (C=O) groups excluding carboxylic acids is 2. The monoisotopic (exact) mass is 438 g/mol. The number of thiocarbonyl (C=S) groups is 1. The summed E-state index contributed by atoms with van der Waals surface area (Å²) in [6.45, 7) is 0.276. The second-order valence-corrected chi connectivity index (χ2v) is 8.40. The molecule has 1 aromatic heterocycles. The molecule has 1 fully saturated rings. The van der Waals surface area contributed by atoms with E-state index in [1.165, 1.54) is 16.7 Å². The second-order valence-electron chi connectivity index (χ2n) is 6.57. The summed E-state index contributed by atoms with van der Waals surface area (Å²) in [6.07, 6.45) is 1.59. The summed E-state index contributed by atoms with van der Waals surface area (Å²) >= 11 is 6.53. The fraction of sp³-hybridized carbons (Fsp3) is 0.136. The van der Waals surface area contributed by atoms with Gasteiger partial charge in [-0.2, -0.15) is 0 Å². The smallest absolute Gasteiger partial charge is 0.242 e. The lowest BCUT2D eigenvalue weighted by Crippen LogP contribution is -2.32. The summed E-state index contributed by atoms with van der Waals surface area (Å²) in [6, 6.07) is 20.1. The average molecular weight is 439 g/mol. The zero-order chi connectivity index (χ0) is 20.9. The Kier molecular flexibility index (Phi) is 6.15. The molecule has 3 aromatic rings. The molecule has 0 spiro atoms. The van der Waals surface area contributed by atoms with Crippen LogP contribution >= 0.6 is 24.0 Å². The van der Waals surface area contributed by atoms with Gasteiger partial charge in [0.15, 0.2) is 0 Å². The Morgan fingerprint density at radius 1 is 1.07 bits per heavy atom. The number of hydrogen-bond acceptors (Lipinski definition) is 6. The van der Waals surface area contributed by atoms with Crippen LogP contribution in [0.25, 0.3) is 0 Å². The van der Waals surface area contributed by atoms with Crippen LogP contribution in [0.1, 0.15) is 12.2 Å². The van der Waals surface area contributed by atoms with Gasteiger partial charge in [-0.25, -0.2) is 0 Å². The second kappa shape index (κ2) is 9.15. The highest BCUT2D eigenvalue weighted by Crippen LogP contribution is 2.31. The summed E-state index contributed by atoms with van der Waals surface area (Å²) in [5.41, 5.74) is 0.630. The van der Waals surface area contributed by atoms with Crippen LogP contribution in [0.5, 0.6) is 11.5 Å². The number of hydrogen-bond donors (Lipinski definition) is 1. The molecule has 6 nitrogen and oxygen atoms in total. The highest BCUT2D eigenvalue weighted by Gasteiger charge is 2.38. The van der Waals surface area contributed by atoms with Gasteiger partial charge in [-0.05, 0) is 48.5 Å². The fourth-order valence-corrected chi connectivity index (χ4v) is 4.43. The Hall–Kier alpha value is -3.10. The maximum absolute atomic E-state index is 12.6. The first-order valence-electron chi connectivity index (χ1n) is 9.26. The van der Waals surface area contributed by atoms with Crippen LogP contribution in [0.3, 0.4) is 0 Å². The Bertz CT molecular complexity index is 1040. The van der Waals surface area contributed by atoms with E-state index >= 15 is 0 Å². The van der Waals surface area contributed by atoms with Crippen molar-refractivity contribution in [2.45, 2.75) is 18.2 Å². The van der Waals surface area contributed by atoms with Crippen molar-refractivity contribution in [3.8, 4) is 11.5 Å². The van der Waals surface area contributed by atoms with Crippen molar-refractivity contribution in [2.75, 3.05) is 5.32 Å². The first kappa shape index (κ1) is 20.2. The van der Waals surface area contributed by atoms with Gasteiger partial charge in [0.1, 0.15) is 21.6 Å². The number of thioether (sulfide) groups is 1. The quantitative estimate of drug-likeness (QED) is 0.533. The van der Waals surface area contributed by atoms with E-state index in [0.717, 1.165) is 5.75 Å². The summed E-state index contributed by atoms with van der Waals surface area (Å²) < 4.78 is 11.5. The maximum atomic E-state index is 12.6. The number of rotatable bonds is 7. The van der Waals surface area contributed by atoms with Crippen LogP contribution < -0.4 is 10.1 Å². The van der Waals surface area contributed by atoms with E-state index in [2.05, 4.69) is 5.32 Å². The lowest BCUT2D eigenvalue weighted by molar-refractivity contribution is -0.128. The SMILES string of the molecule is O=C(CC1SC(=S)N(Cc2ccco2)C1=O)Nc1ccc(Oc2ccccc2)cc1. The molecule has 1 atom stereocenters. The molecule has 2 heterocycles. The van der Waals surface area contributed by atoms with Crippen molar-refractivity contribution in [1.82, 2.24) is 4.90 Å². The molecule has 1 saturated heterocycles. The van der Waals surface area contributed by atoms with Crippen LogP contribution in [0.15, 0.2) is 77.4 Å². The third kappa shape index (κ3) is 4.90. The molecule has 1 aliphatic rings. The summed E-state index contributed by atoms with van der Waals surface area (Å²) in [7, 11) is 0. The summed E-state index contributed by atoms with van der Waals surface area (Å²) in [5, 5.41) is 2.28. The predicted molar refractivity (Wildman–Crippen MR) is 119 cm³/mol. The summed E-state index contributed by atoms with van der Waals surface area (Å²) in [5.74, 6) is 1.62. The first-order valence-corrected chi connectivity index (χ1v) is 10.5. The predicted octanol–water partition coefficient (Wildman–Crippen LogP) is 4.83. The zero-order valence-electron chi connectivity index (χ0n) is 15.8. The number of carbonyl (C=O) groups is 2. The molecule has 2 amide bonds. The van der Waals surface area contributed by atoms with Gasteiger partial charge in [0, 0.05) is 12.1 Å². The van der Waals surface area contributed by atoms with Crippen LogP contribution in [-0.4, -0.2) is 26.3 Å². The molecule has 0 saturated carbocycles. The van der Waals surface area contributed by atoms with E-state index in [1.807, 2.05) is 30.3 Å². The van der Waals surface area contributed by atoms with Crippen LogP contribution in [0, 0.1) is 0 Å². The molecule has 4 rings (SSSR count). The number of nitrogens with one attached hydrogen (secondary N) is 1. The molecule has 1 unspecified atom stereocenters. The highest BCUT2D eigenvalue weighted by molar-refractivity contribution is 8.24. The van der Waals surface area contributed by atoms with Crippen LogP contribution in [-0.2, 0) is 16.1 Å². The van der Waals surface area contributed by atoms with Crippen molar-refractivity contribution in [3.05, 3.63) is 78.8 Å². The largest absolute Gasteiger partial charge is 0.467 e. The molecule has 0 radical (unpaired) electrons. The topological polar surface area (TPSA) is 71.8 Å². The molecule has 1 N–H and O–H groups in total. The van der Waals surface area contributed by atoms with E-state index in [1.54, 1.807) is 42.7 Å². The van der Waals surface area contributed by atoms with Gasteiger partial charge in [-0.1, -0.05) is 42.2 Å². The van der Waals surface area contributed by atoms with Gasteiger partial charge in [-0.3, -0.25) is 14.5 Å². The number of benzene rings is 2. The number of anilines is 1. The molecule has 30 heavy (non-hydrogen) atoms. The fourth-order valence-electron chi connectivity index (χ4n) is 2.94. The van der Waals surface area contributed by atoms with E-state index in [9.17, 15) is 9.59 Å². The lowest BCUT2D eigenvalue weighted by atomic mass is 10.2. The van der Waals surface area contributed by atoms with Crippen molar-refractivity contribution < 1.29 is 18.7 Å². The molecule has 0 aliphatic carbocycles. The zero-order valence-corrected chi connectivity index (χ0v) is 17.4. The van der Waals surface area contributed by atoms with E-state index in [4.69, 9.17) is 21.4 Å². The minimum atomic E-state index is -0.534. The van der Waals surface area contributed by atoms with E-state index in [0.29, 0.717) is 21.5 Å². The molecular weight excluding hydrogens is 420 g/mol. The molecular formula is C22H18N2O4S2. The van der Waals surface area contributed by atoms with Gasteiger partial charge < -0.3 is 14.5 Å². The first-order chi connectivity index (χ1) is 14.6. The molecule has 1 aliphatic heterocycles. The standard InChI is InChI=1S/C22H18N2O4S2/c25-20(13-19-21(26)24(22(29)30-19)14-18-7-4-12-27-18)23-15-8-10-17(11-9-15)28-16-5-2-1-3-6-16/h1-12,19H,13-14H2,(H,23,25). The lowest BCUT2D eigenvalue weighted by Gasteiger charge is -2.13. The molecule has 2 aromatic carbocycles. The third-order valence-corrected chi connectivity index (χ3v) is 5.97. The minimum Gasteiger partial charge on any atom is -0.467 e. The molecule has 152 valence electrons. The molecule has 8 heteroatoms. The van der Waals surface area contributed by atoms with Gasteiger partial charge >= 0.3 is 0 Å². The number of ether oxygens (including phenoxy) is 1. The number of amides is 2. The van der Waals surface area contributed by atoms with E-state index in [-0.39, 0.29) is 24.8 Å². The van der Waals surface area contributed by atoms with Crippen molar-refractivity contribution in [2.24, 2.45) is 0 Å². The average Bonchev–Trinajstić information content (AvgIpc) is 3.34. The normalized spacial score (nSPS) is 16.0. The Morgan fingerprint density at radius 3 is 2.50 bits per heavy atom. The third-order valence-electron chi connectivity index (χ3n) is 4.39. The van der Waals surface area contributed by atoms with Gasteiger partial charge in [0.25, 0.3) is 0 Å². The molecule has 0 bridgehead atoms. The van der Waals surface area contributed by atoms with Crippen molar-refractivity contribution in [1.29, 1.82) is 0 Å². The Balaban J connectivity index is 1.31. The minimum absolute atomic E-state index is 0.0422.